The highest BCUT2D eigenvalue weighted by molar-refractivity contribution is 8.15. The molecule has 1 saturated carbocycles. The van der Waals surface area contributed by atoms with E-state index in [2.05, 4.69) is 4.99 Å². The predicted molar refractivity (Wildman–Crippen MR) is 111 cm³/mol. The van der Waals surface area contributed by atoms with E-state index in [1.807, 2.05) is 30.3 Å². The minimum absolute atomic E-state index is 0.195. The largest absolute Gasteiger partial charge is 0.298 e. The van der Waals surface area contributed by atoms with Crippen LogP contribution < -0.4 is 4.90 Å². The highest BCUT2D eigenvalue weighted by Crippen LogP contribution is 2.34. The summed E-state index contributed by atoms with van der Waals surface area (Å²) in [4.78, 5) is 31.4. The van der Waals surface area contributed by atoms with Gasteiger partial charge in [-0.1, -0.05) is 48.5 Å². The third-order valence-electron chi connectivity index (χ3n) is 4.76. The van der Waals surface area contributed by atoms with Gasteiger partial charge in [0.1, 0.15) is 17.3 Å². The van der Waals surface area contributed by atoms with Crippen molar-refractivity contribution in [3.8, 4) is 0 Å². The van der Waals surface area contributed by atoms with Crippen LogP contribution in [0, 0.1) is 5.82 Å². The van der Waals surface area contributed by atoms with Crippen LogP contribution in [0.1, 0.15) is 31.2 Å². The molecule has 0 spiro atoms. The number of carbonyl (C=O) groups is 2. The van der Waals surface area contributed by atoms with Crippen molar-refractivity contribution in [2.75, 3.05) is 4.90 Å². The normalized spacial score (nSPS) is 21.3. The van der Waals surface area contributed by atoms with Gasteiger partial charge in [-0.2, -0.15) is 0 Å². The van der Waals surface area contributed by atoms with Gasteiger partial charge in [0.05, 0.1) is 10.9 Å². The quantitative estimate of drug-likeness (QED) is 0.702. The molecule has 1 fully saturated rings. The number of rotatable bonds is 3. The predicted octanol–water partition coefficient (Wildman–Crippen LogP) is 4.81. The highest BCUT2D eigenvalue weighted by atomic mass is 32.2. The van der Waals surface area contributed by atoms with Crippen LogP contribution in [-0.4, -0.2) is 22.1 Å². The number of thioether (sulfide) groups is 1. The molecule has 1 unspecified atom stereocenters. The Morgan fingerprint density at radius 3 is 2.50 bits per heavy atom. The molecular weight excluding hydrogens is 375 g/mol. The van der Waals surface area contributed by atoms with Crippen molar-refractivity contribution in [3.05, 3.63) is 71.7 Å². The van der Waals surface area contributed by atoms with Gasteiger partial charge < -0.3 is 0 Å². The molecule has 28 heavy (non-hydrogen) atoms. The molecule has 142 valence electrons. The Labute approximate surface area is 167 Å². The van der Waals surface area contributed by atoms with Gasteiger partial charge in [-0.15, -0.1) is 0 Å². The lowest BCUT2D eigenvalue weighted by molar-refractivity contribution is -0.119. The SMILES string of the molecule is O=C1CCCCC1SC1=N/C(=C/c2ccccc2)C(=O)N1c1ccc(F)cc1. The number of carbonyl (C=O) groups excluding carboxylic acids is 2. The lowest BCUT2D eigenvalue weighted by atomic mass is 9.99. The maximum absolute atomic E-state index is 13.4. The van der Waals surface area contributed by atoms with Gasteiger partial charge in [0.25, 0.3) is 5.91 Å². The Morgan fingerprint density at radius 2 is 1.79 bits per heavy atom. The Balaban J connectivity index is 1.69. The third-order valence-corrected chi connectivity index (χ3v) is 6.03. The maximum Gasteiger partial charge on any atom is 0.283 e. The zero-order valence-electron chi connectivity index (χ0n) is 15.2. The van der Waals surface area contributed by atoms with Crippen LogP contribution in [-0.2, 0) is 9.59 Å². The number of amidine groups is 1. The maximum atomic E-state index is 13.4. The monoisotopic (exact) mass is 394 g/mol. The molecule has 4 nitrogen and oxygen atoms in total. The van der Waals surface area contributed by atoms with Crippen molar-refractivity contribution < 1.29 is 14.0 Å². The first-order chi connectivity index (χ1) is 13.6. The number of halogens is 1. The minimum Gasteiger partial charge on any atom is -0.298 e. The molecule has 1 aliphatic heterocycles. The van der Waals surface area contributed by atoms with E-state index in [9.17, 15) is 14.0 Å². The molecule has 6 heteroatoms. The van der Waals surface area contributed by atoms with E-state index in [0.29, 0.717) is 23.0 Å². The molecule has 2 aromatic carbocycles. The lowest BCUT2D eigenvalue weighted by Gasteiger charge is -2.23. The molecule has 0 N–H and O–H groups in total. The van der Waals surface area contributed by atoms with Crippen LogP contribution in [0.2, 0.25) is 0 Å². The Kier molecular flexibility index (Phi) is 5.39. The summed E-state index contributed by atoms with van der Waals surface area (Å²) in [6.07, 6.45) is 5.00. The van der Waals surface area contributed by atoms with E-state index in [0.717, 1.165) is 24.8 Å². The lowest BCUT2D eigenvalue weighted by Crippen LogP contribution is -2.33. The van der Waals surface area contributed by atoms with Crippen LogP contribution in [0.3, 0.4) is 0 Å². The molecule has 0 radical (unpaired) electrons. The fraction of sp³-hybridized carbons (Fsp3) is 0.227. The smallest absolute Gasteiger partial charge is 0.283 e. The number of amides is 1. The summed E-state index contributed by atoms with van der Waals surface area (Å²) in [7, 11) is 0. The van der Waals surface area contributed by atoms with Gasteiger partial charge in [0, 0.05) is 6.42 Å². The molecule has 2 aromatic rings. The molecule has 1 atom stereocenters. The van der Waals surface area contributed by atoms with Crippen LogP contribution in [0.4, 0.5) is 10.1 Å². The zero-order valence-corrected chi connectivity index (χ0v) is 16.0. The van der Waals surface area contributed by atoms with E-state index in [1.165, 1.54) is 28.8 Å². The Bertz CT molecular complexity index is 954. The van der Waals surface area contributed by atoms with Crippen molar-refractivity contribution in [1.82, 2.24) is 0 Å². The molecule has 4 rings (SSSR count). The molecule has 1 aliphatic carbocycles. The molecule has 2 aliphatic rings. The first kappa shape index (κ1) is 18.6. The van der Waals surface area contributed by atoms with E-state index in [-0.39, 0.29) is 22.8 Å². The highest BCUT2D eigenvalue weighted by Gasteiger charge is 2.35. The molecular formula is C22H19FN2O2S. The molecule has 0 bridgehead atoms. The second kappa shape index (κ2) is 8.10. The number of benzene rings is 2. The number of Topliss-reactive ketones (excluding diaryl/α,β-unsaturated/α-hetero) is 1. The van der Waals surface area contributed by atoms with E-state index < -0.39 is 0 Å². The topological polar surface area (TPSA) is 49.7 Å². The van der Waals surface area contributed by atoms with Gasteiger partial charge in [-0.25, -0.2) is 9.38 Å². The first-order valence-corrected chi connectivity index (χ1v) is 10.1. The van der Waals surface area contributed by atoms with Crippen molar-refractivity contribution in [1.29, 1.82) is 0 Å². The van der Waals surface area contributed by atoms with Gasteiger partial charge in [-0.3, -0.25) is 14.5 Å². The fourth-order valence-corrected chi connectivity index (χ4v) is 4.54. The number of aliphatic imine (C=N–C) groups is 1. The van der Waals surface area contributed by atoms with E-state index in [4.69, 9.17) is 0 Å². The Morgan fingerprint density at radius 1 is 1.04 bits per heavy atom. The van der Waals surface area contributed by atoms with Gasteiger partial charge in [-0.05, 0) is 48.7 Å². The summed E-state index contributed by atoms with van der Waals surface area (Å²) in [5.74, 6) is -0.448. The number of anilines is 1. The van der Waals surface area contributed by atoms with Crippen LogP contribution in [0.25, 0.3) is 6.08 Å². The van der Waals surface area contributed by atoms with Gasteiger partial charge in [0.2, 0.25) is 0 Å². The molecule has 1 heterocycles. The molecule has 0 saturated heterocycles. The van der Waals surface area contributed by atoms with Crippen molar-refractivity contribution in [2.45, 2.75) is 30.9 Å². The van der Waals surface area contributed by atoms with E-state index >= 15 is 0 Å². The minimum atomic E-state index is -0.371. The van der Waals surface area contributed by atoms with Gasteiger partial charge in [0.15, 0.2) is 5.17 Å². The van der Waals surface area contributed by atoms with Crippen LogP contribution in [0.5, 0.6) is 0 Å². The standard InChI is InChI=1S/C22H19FN2O2S/c23-16-10-12-17(13-11-16)25-21(27)18(14-15-6-2-1-3-7-15)24-22(25)28-20-9-5-4-8-19(20)26/h1-3,6-7,10-14,20H,4-5,8-9H2/b18-14+. The summed E-state index contributed by atoms with van der Waals surface area (Å²) < 4.78 is 13.4. The summed E-state index contributed by atoms with van der Waals surface area (Å²) in [5, 5.41) is 0.276. The second-order valence-electron chi connectivity index (χ2n) is 6.77. The van der Waals surface area contributed by atoms with Crippen molar-refractivity contribution >= 4 is 40.4 Å². The number of nitrogens with zero attached hydrogens (tertiary/aromatic N) is 2. The van der Waals surface area contributed by atoms with Crippen LogP contribution in [0.15, 0.2) is 65.3 Å². The van der Waals surface area contributed by atoms with Crippen molar-refractivity contribution in [2.24, 2.45) is 4.99 Å². The van der Waals surface area contributed by atoms with Crippen molar-refractivity contribution in [3.63, 3.8) is 0 Å². The molecule has 0 aromatic heterocycles. The number of hydrogen-bond donors (Lipinski definition) is 0. The first-order valence-electron chi connectivity index (χ1n) is 9.26. The number of ketones is 1. The third kappa shape index (κ3) is 3.92. The summed E-state index contributed by atoms with van der Waals surface area (Å²) in [6.45, 7) is 0. The molecule has 1 amide bonds. The van der Waals surface area contributed by atoms with Gasteiger partial charge >= 0.3 is 0 Å². The zero-order chi connectivity index (χ0) is 19.5. The average Bonchev–Trinajstić information content (AvgIpc) is 3.00. The second-order valence-corrected chi connectivity index (χ2v) is 7.94. The summed E-state index contributed by atoms with van der Waals surface area (Å²) in [6, 6.07) is 15.2. The summed E-state index contributed by atoms with van der Waals surface area (Å²) >= 11 is 1.33. The average molecular weight is 394 g/mol. The van der Waals surface area contributed by atoms with E-state index in [1.54, 1.807) is 18.2 Å². The Hall–Kier alpha value is -2.73. The fourth-order valence-electron chi connectivity index (χ4n) is 3.30. The number of hydrogen-bond acceptors (Lipinski definition) is 4. The van der Waals surface area contributed by atoms with Crippen LogP contribution >= 0.6 is 11.8 Å². The summed E-state index contributed by atoms with van der Waals surface area (Å²) in [5.41, 5.74) is 1.72.